The minimum Gasteiger partial charge on any atom is -0.386 e. The third-order valence-corrected chi connectivity index (χ3v) is 7.62. The number of rotatable bonds is 8. The number of hydrogen-bond acceptors (Lipinski definition) is 3. The molecule has 0 radical (unpaired) electrons. The van der Waals surface area contributed by atoms with Gasteiger partial charge in [-0.25, -0.2) is 0 Å². The first-order valence-corrected chi connectivity index (χ1v) is 12.3. The van der Waals surface area contributed by atoms with Gasteiger partial charge in [-0.3, -0.25) is 4.79 Å². The first-order chi connectivity index (χ1) is 14.4. The highest BCUT2D eigenvalue weighted by molar-refractivity contribution is 7.98. The van der Waals surface area contributed by atoms with Crippen LogP contribution in [0.1, 0.15) is 67.7 Å². The molecule has 0 aromatic heterocycles. The minimum atomic E-state index is -0.701. The largest absolute Gasteiger partial charge is 0.386 e. The van der Waals surface area contributed by atoms with Crippen molar-refractivity contribution >= 4 is 17.7 Å². The SMILES string of the molecule is CSc1ccc([C@@H](CC2CCCC2)C(=O)N(C)[C@H](C)[C@H](O)c2ccccc2)cc1C. The lowest BCUT2D eigenvalue weighted by Crippen LogP contribution is -2.42. The van der Waals surface area contributed by atoms with Gasteiger partial charge in [0.05, 0.1) is 18.1 Å². The van der Waals surface area contributed by atoms with Crippen LogP contribution in [-0.4, -0.2) is 35.3 Å². The van der Waals surface area contributed by atoms with Crippen molar-refractivity contribution in [3.05, 3.63) is 65.2 Å². The molecule has 0 heterocycles. The van der Waals surface area contributed by atoms with Gasteiger partial charge in [0.1, 0.15) is 0 Å². The highest BCUT2D eigenvalue weighted by Crippen LogP contribution is 2.37. The van der Waals surface area contributed by atoms with Crippen molar-refractivity contribution < 1.29 is 9.90 Å². The molecule has 0 unspecified atom stereocenters. The van der Waals surface area contributed by atoms with Gasteiger partial charge in [-0.15, -0.1) is 11.8 Å². The predicted molar refractivity (Wildman–Crippen MR) is 126 cm³/mol. The Kier molecular flexibility index (Phi) is 8.01. The summed E-state index contributed by atoms with van der Waals surface area (Å²) < 4.78 is 0. The average Bonchev–Trinajstić information content (AvgIpc) is 3.29. The van der Waals surface area contributed by atoms with Crippen LogP contribution in [0.25, 0.3) is 0 Å². The Morgan fingerprint density at radius 1 is 1.13 bits per heavy atom. The molecule has 1 N–H and O–H groups in total. The van der Waals surface area contributed by atoms with Crippen LogP contribution in [0.15, 0.2) is 53.4 Å². The van der Waals surface area contributed by atoms with Gasteiger partial charge in [0.25, 0.3) is 0 Å². The van der Waals surface area contributed by atoms with Gasteiger partial charge < -0.3 is 10.0 Å². The van der Waals surface area contributed by atoms with Crippen molar-refractivity contribution in [1.29, 1.82) is 0 Å². The van der Waals surface area contributed by atoms with Crippen molar-refractivity contribution in [3.63, 3.8) is 0 Å². The summed E-state index contributed by atoms with van der Waals surface area (Å²) >= 11 is 1.74. The topological polar surface area (TPSA) is 40.5 Å². The standard InChI is InChI=1S/C26H35NO2S/c1-18-16-22(14-15-24(18)30-4)23(17-20-10-8-9-11-20)26(29)27(3)19(2)25(28)21-12-6-5-7-13-21/h5-7,12-16,19-20,23,25,28H,8-11,17H2,1-4H3/t19-,23-,25+/m1/s1. The number of hydrogen-bond donors (Lipinski definition) is 1. The Bertz CT molecular complexity index is 832. The van der Waals surface area contributed by atoms with Crippen LogP contribution in [-0.2, 0) is 4.79 Å². The van der Waals surface area contributed by atoms with Gasteiger partial charge in [-0.05, 0) is 55.2 Å². The van der Waals surface area contributed by atoms with Crippen LogP contribution >= 0.6 is 11.8 Å². The second-order valence-electron chi connectivity index (χ2n) is 8.71. The number of thioether (sulfide) groups is 1. The molecule has 1 aliphatic rings. The third-order valence-electron chi connectivity index (χ3n) is 6.72. The molecule has 4 heteroatoms. The summed E-state index contributed by atoms with van der Waals surface area (Å²) in [6.45, 7) is 4.06. The van der Waals surface area contributed by atoms with E-state index in [2.05, 4.69) is 31.4 Å². The Labute approximate surface area is 185 Å². The number of nitrogens with zero attached hydrogens (tertiary/aromatic N) is 1. The van der Waals surface area contributed by atoms with Gasteiger partial charge in [-0.2, -0.15) is 0 Å². The molecule has 1 amide bonds. The fourth-order valence-corrected chi connectivity index (χ4v) is 5.25. The van der Waals surface area contributed by atoms with E-state index in [9.17, 15) is 9.90 Å². The lowest BCUT2D eigenvalue weighted by Gasteiger charge is -2.33. The fraction of sp³-hybridized carbons (Fsp3) is 0.500. The van der Waals surface area contributed by atoms with Crippen molar-refractivity contribution in [2.24, 2.45) is 5.92 Å². The van der Waals surface area contributed by atoms with E-state index in [0.717, 1.165) is 17.5 Å². The van der Waals surface area contributed by atoms with Crippen LogP contribution in [0, 0.1) is 12.8 Å². The molecule has 0 saturated heterocycles. The molecule has 0 bridgehead atoms. The van der Waals surface area contributed by atoms with Crippen LogP contribution in [0.4, 0.5) is 0 Å². The number of aliphatic hydroxyl groups is 1. The molecule has 1 fully saturated rings. The van der Waals surface area contributed by atoms with Gasteiger partial charge in [0, 0.05) is 11.9 Å². The van der Waals surface area contributed by atoms with Crippen LogP contribution in [0.5, 0.6) is 0 Å². The first-order valence-electron chi connectivity index (χ1n) is 11.1. The molecule has 3 rings (SSSR count). The zero-order valence-electron chi connectivity index (χ0n) is 18.7. The second kappa shape index (κ2) is 10.5. The molecule has 3 nitrogen and oxygen atoms in total. The van der Waals surface area contributed by atoms with Crippen LogP contribution < -0.4 is 0 Å². The normalized spacial score (nSPS) is 17.5. The van der Waals surface area contributed by atoms with Crippen molar-refractivity contribution in [2.75, 3.05) is 13.3 Å². The van der Waals surface area contributed by atoms with E-state index in [4.69, 9.17) is 0 Å². The van der Waals surface area contributed by atoms with Gasteiger partial charge in [0.15, 0.2) is 0 Å². The molecule has 2 aromatic rings. The number of likely N-dealkylation sites (N-methyl/N-ethyl adjacent to an activating group) is 1. The maximum Gasteiger partial charge on any atom is 0.230 e. The average molecular weight is 426 g/mol. The molecule has 3 atom stereocenters. The second-order valence-corrected chi connectivity index (χ2v) is 9.56. The number of aliphatic hydroxyl groups excluding tert-OH is 1. The van der Waals surface area contributed by atoms with Crippen molar-refractivity contribution in [3.8, 4) is 0 Å². The highest BCUT2D eigenvalue weighted by Gasteiger charge is 2.32. The van der Waals surface area contributed by atoms with E-state index in [-0.39, 0.29) is 17.9 Å². The molecule has 30 heavy (non-hydrogen) atoms. The van der Waals surface area contributed by atoms with Crippen LogP contribution in [0.2, 0.25) is 0 Å². The summed E-state index contributed by atoms with van der Waals surface area (Å²) in [5.41, 5.74) is 3.18. The minimum absolute atomic E-state index is 0.112. The highest BCUT2D eigenvalue weighted by atomic mass is 32.2. The summed E-state index contributed by atoms with van der Waals surface area (Å²) in [5.74, 6) is 0.570. The maximum atomic E-state index is 13.7. The molecule has 1 aliphatic carbocycles. The Hall–Kier alpha value is -1.78. The lowest BCUT2D eigenvalue weighted by atomic mass is 9.86. The summed E-state index contributed by atoms with van der Waals surface area (Å²) in [5, 5.41) is 10.9. The van der Waals surface area contributed by atoms with E-state index in [0.29, 0.717) is 5.92 Å². The Balaban J connectivity index is 1.84. The van der Waals surface area contributed by atoms with E-state index in [1.165, 1.54) is 36.1 Å². The van der Waals surface area contributed by atoms with Gasteiger partial charge >= 0.3 is 0 Å². The molecule has 0 aliphatic heterocycles. The molecule has 2 aromatic carbocycles. The lowest BCUT2D eigenvalue weighted by molar-refractivity contribution is -0.136. The molecular formula is C26H35NO2S. The van der Waals surface area contributed by atoms with E-state index >= 15 is 0 Å². The quantitative estimate of drug-likeness (QED) is 0.530. The Morgan fingerprint density at radius 3 is 2.40 bits per heavy atom. The van der Waals surface area contributed by atoms with E-state index in [1.54, 1.807) is 16.7 Å². The summed E-state index contributed by atoms with van der Waals surface area (Å²) in [6.07, 6.45) is 7.27. The number of aryl methyl sites for hydroxylation is 1. The smallest absolute Gasteiger partial charge is 0.230 e. The number of amides is 1. The zero-order valence-corrected chi connectivity index (χ0v) is 19.5. The Morgan fingerprint density at radius 2 is 1.80 bits per heavy atom. The monoisotopic (exact) mass is 425 g/mol. The predicted octanol–water partition coefficient (Wildman–Crippen LogP) is 5.96. The van der Waals surface area contributed by atoms with Crippen LogP contribution in [0.3, 0.4) is 0 Å². The first kappa shape index (κ1) is 22.9. The molecular weight excluding hydrogens is 390 g/mol. The van der Waals surface area contributed by atoms with E-state index < -0.39 is 6.10 Å². The molecule has 162 valence electrons. The number of benzene rings is 2. The molecule has 1 saturated carbocycles. The zero-order chi connectivity index (χ0) is 21.7. The summed E-state index contributed by atoms with van der Waals surface area (Å²) in [7, 11) is 1.84. The van der Waals surface area contributed by atoms with Gasteiger partial charge in [0.2, 0.25) is 5.91 Å². The number of carbonyl (C=O) groups excluding carboxylic acids is 1. The maximum absolute atomic E-state index is 13.7. The summed E-state index contributed by atoms with van der Waals surface area (Å²) in [4.78, 5) is 16.7. The van der Waals surface area contributed by atoms with Crippen molar-refractivity contribution in [1.82, 2.24) is 4.90 Å². The molecule has 0 spiro atoms. The fourth-order valence-electron chi connectivity index (χ4n) is 4.66. The third kappa shape index (κ3) is 5.28. The van der Waals surface area contributed by atoms with E-state index in [1.807, 2.05) is 44.3 Å². The summed E-state index contributed by atoms with van der Waals surface area (Å²) in [6, 6.07) is 15.8. The van der Waals surface area contributed by atoms with Crippen molar-refractivity contribution in [2.45, 2.75) is 68.9 Å². The van der Waals surface area contributed by atoms with Gasteiger partial charge in [-0.1, -0.05) is 68.1 Å². The number of carbonyl (C=O) groups is 1.